The second kappa shape index (κ2) is 5.00. The lowest BCUT2D eigenvalue weighted by atomic mass is 9.93. The van der Waals surface area contributed by atoms with E-state index in [1.165, 1.54) is 5.56 Å². The van der Waals surface area contributed by atoms with Crippen molar-refractivity contribution in [2.24, 2.45) is 0 Å². The summed E-state index contributed by atoms with van der Waals surface area (Å²) in [6.07, 6.45) is 6.09. The molecule has 0 N–H and O–H groups in total. The summed E-state index contributed by atoms with van der Waals surface area (Å²) in [6, 6.07) is 0. The van der Waals surface area contributed by atoms with Gasteiger partial charge in [0.05, 0.1) is 5.69 Å². The van der Waals surface area contributed by atoms with Gasteiger partial charge in [0.15, 0.2) is 5.76 Å². The van der Waals surface area contributed by atoms with Crippen molar-refractivity contribution in [3.63, 3.8) is 0 Å². The van der Waals surface area contributed by atoms with Gasteiger partial charge in [-0.25, -0.2) is 0 Å². The Morgan fingerprint density at radius 2 is 2.09 bits per heavy atom. The van der Waals surface area contributed by atoms with Crippen LogP contribution in [-0.2, 0) is 19.4 Å². The van der Waals surface area contributed by atoms with Crippen molar-refractivity contribution < 1.29 is 9.21 Å². The smallest absolute Gasteiger partial charge is 0.289 e. The summed E-state index contributed by atoms with van der Waals surface area (Å²) in [7, 11) is 0. The molecule has 2 aromatic rings. The van der Waals surface area contributed by atoms with Crippen LogP contribution in [0.25, 0.3) is 11.3 Å². The average molecular weight is 299 g/mol. The Balaban J connectivity index is 1.78. The summed E-state index contributed by atoms with van der Waals surface area (Å²) in [5.74, 6) is 1.49. The minimum Gasteiger partial charge on any atom is -0.455 e. The normalized spacial score (nSPS) is 16.7. The lowest BCUT2D eigenvalue weighted by Crippen LogP contribution is -2.27. The van der Waals surface area contributed by atoms with E-state index in [1.807, 2.05) is 16.5 Å². The summed E-state index contributed by atoms with van der Waals surface area (Å²) < 4.78 is 7.94. The number of amides is 1. The first-order chi connectivity index (χ1) is 10.7. The molecule has 1 aliphatic carbocycles. The number of carbonyl (C=O) groups is 1. The van der Waals surface area contributed by atoms with Crippen molar-refractivity contribution in [3.05, 3.63) is 28.8 Å². The van der Waals surface area contributed by atoms with Crippen LogP contribution in [0.15, 0.2) is 10.6 Å². The molecule has 2 aliphatic rings. The molecule has 0 aromatic carbocycles. The van der Waals surface area contributed by atoms with Crippen LogP contribution < -0.4 is 0 Å². The maximum absolute atomic E-state index is 12.7. The molecule has 4 rings (SSSR count). The van der Waals surface area contributed by atoms with Crippen molar-refractivity contribution >= 4 is 5.91 Å². The van der Waals surface area contributed by atoms with Gasteiger partial charge in [-0.05, 0) is 38.7 Å². The number of hydrogen-bond donors (Lipinski definition) is 0. The molecule has 1 amide bonds. The molecule has 22 heavy (non-hydrogen) atoms. The van der Waals surface area contributed by atoms with Crippen LogP contribution in [0.5, 0.6) is 0 Å². The van der Waals surface area contributed by atoms with Crippen molar-refractivity contribution in [3.8, 4) is 11.3 Å². The molecule has 5 heteroatoms. The van der Waals surface area contributed by atoms with Gasteiger partial charge in [-0.1, -0.05) is 0 Å². The largest absolute Gasteiger partial charge is 0.455 e. The highest BCUT2D eigenvalue weighted by Crippen LogP contribution is 2.38. The Morgan fingerprint density at radius 3 is 2.82 bits per heavy atom. The molecule has 0 unspecified atom stereocenters. The van der Waals surface area contributed by atoms with Crippen LogP contribution in [0.3, 0.4) is 0 Å². The molecule has 5 nitrogen and oxygen atoms in total. The van der Waals surface area contributed by atoms with E-state index < -0.39 is 0 Å². The number of nitrogens with zero attached hydrogens (tertiary/aromatic N) is 3. The number of aromatic nitrogens is 2. The summed E-state index contributed by atoms with van der Waals surface area (Å²) >= 11 is 0. The van der Waals surface area contributed by atoms with Gasteiger partial charge in [-0.2, -0.15) is 5.10 Å². The Kier molecular flexibility index (Phi) is 3.10. The predicted octanol–water partition coefficient (Wildman–Crippen LogP) is 2.81. The van der Waals surface area contributed by atoms with E-state index in [1.54, 1.807) is 0 Å². The monoisotopic (exact) mass is 299 g/mol. The van der Waals surface area contributed by atoms with Crippen molar-refractivity contribution in [2.45, 2.75) is 46.1 Å². The molecule has 116 valence electrons. The van der Waals surface area contributed by atoms with Crippen LogP contribution in [0.2, 0.25) is 0 Å². The predicted molar refractivity (Wildman–Crippen MR) is 82.9 cm³/mol. The zero-order chi connectivity index (χ0) is 15.3. The minimum atomic E-state index is 0.0425. The van der Waals surface area contributed by atoms with E-state index >= 15 is 0 Å². The number of rotatable bonds is 2. The van der Waals surface area contributed by atoms with Gasteiger partial charge in [0.2, 0.25) is 0 Å². The first-order valence-electron chi connectivity index (χ1n) is 8.17. The molecule has 2 aromatic heterocycles. The molecule has 1 fully saturated rings. The fraction of sp³-hybridized carbons (Fsp3) is 0.529. The third kappa shape index (κ3) is 1.91. The molecule has 0 spiro atoms. The maximum Gasteiger partial charge on any atom is 0.289 e. The standard InChI is InChI=1S/C17H21N3O2/c1-3-20-10-12-6-7-13-14(15(12)18-20)11(2)16(22-13)17(21)19-8-4-5-9-19/h10H,3-9H2,1-2H3. The van der Waals surface area contributed by atoms with Gasteiger partial charge in [0.25, 0.3) is 5.91 Å². The van der Waals surface area contributed by atoms with Gasteiger partial charge in [0, 0.05) is 43.4 Å². The van der Waals surface area contributed by atoms with Crippen molar-refractivity contribution in [2.75, 3.05) is 13.1 Å². The molecular weight excluding hydrogens is 278 g/mol. The van der Waals surface area contributed by atoms with Crippen molar-refractivity contribution in [1.82, 2.24) is 14.7 Å². The maximum atomic E-state index is 12.7. The second-order valence-corrected chi connectivity index (χ2v) is 6.21. The van der Waals surface area contributed by atoms with Gasteiger partial charge < -0.3 is 9.32 Å². The topological polar surface area (TPSA) is 51.3 Å². The van der Waals surface area contributed by atoms with E-state index in [2.05, 4.69) is 18.2 Å². The highest BCUT2D eigenvalue weighted by Gasteiger charge is 2.31. The number of hydrogen-bond acceptors (Lipinski definition) is 3. The fourth-order valence-electron chi connectivity index (χ4n) is 3.59. The average Bonchev–Trinajstić information content (AvgIpc) is 3.24. The first kappa shape index (κ1) is 13.6. The molecular formula is C17H21N3O2. The molecule has 0 bridgehead atoms. The van der Waals surface area contributed by atoms with Crippen LogP contribution in [0.4, 0.5) is 0 Å². The van der Waals surface area contributed by atoms with Gasteiger partial charge in [-0.15, -0.1) is 0 Å². The Labute approximate surface area is 129 Å². The minimum absolute atomic E-state index is 0.0425. The molecule has 1 saturated heterocycles. The van der Waals surface area contributed by atoms with Crippen LogP contribution in [-0.4, -0.2) is 33.7 Å². The molecule has 0 atom stereocenters. The number of aryl methyl sites for hydroxylation is 3. The quantitative estimate of drug-likeness (QED) is 0.857. The first-order valence-corrected chi connectivity index (χ1v) is 8.17. The summed E-state index contributed by atoms with van der Waals surface area (Å²) in [6.45, 7) is 6.63. The number of fused-ring (bicyclic) bond motifs is 3. The number of likely N-dealkylation sites (tertiary alicyclic amines) is 1. The van der Waals surface area contributed by atoms with E-state index in [-0.39, 0.29) is 5.91 Å². The summed E-state index contributed by atoms with van der Waals surface area (Å²) in [5.41, 5.74) is 4.27. The van der Waals surface area contributed by atoms with E-state index in [9.17, 15) is 4.79 Å². The summed E-state index contributed by atoms with van der Waals surface area (Å²) in [5, 5.41) is 4.67. The fourth-order valence-corrected chi connectivity index (χ4v) is 3.59. The van der Waals surface area contributed by atoms with E-state index in [0.29, 0.717) is 5.76 Å². The highest BCUT2D eigenvalue weighted by atomic mass is 16.4. The zero-order valence-electron chi connectivity index (χ0n) is 13.2. The van der Waals surface area contributed by atoms with E-state index in [4.69, 9.17) is 4.42 Å². The van der Waals surface area contributed by atoms with Gasteiger partial charge in [0.1, 0.15) is 5.76 Å². The van der Waals surface area contributed by atoms with Crippen molar-refractivity contribution in [1.29, 1.82) is 0 Å². The van der Waals surface area contributed by atoms with E-state index in [0.717, 1.165) is 67.9 Å². The lowest BCUT2D eigenvalue weighted by molar-refractivity contribution is 0.0758. The lowest BCUT2D eigenvalue weighted by Gasteiger charge is -2.13. The van der Waals surface area contributed by atoms with Crippen LogP contribution >= 0.6 is 0 Å². The third-order valence-electron chi connectivity index (χ3n) is 4.83. The third-order valence-corrected chi connectivity index (χ3v) is 4.83. The van der Waals surface area contributed by atoms with Crippen LogP contribution in [0, 0.1) is 6.92 Å². The Hall–Kier alpha value is -2.04. The molecule has 0 saturated carbocycles. The SMILES string of the molecule is CCn1cc2c(n1)-c1c(oc(C(=O)N3CCCC3)c1C)CC2. The van der Waals surface area contributed by atoms with Gasteiger partial charge >= 0.3 is 0 Å². The molecule has 0 radical (unpaired) electrons. The van der Waals surface area contributed by atoms with Crippen LogP contribution in [0.1, 0.15) is 47.2 Å². The Morgan fingerprint density at radius 1 is 1.32 bits per heavy atom. The molecule has 3 heterocycles. The number of carbonyl (C=O) groups excluding carboxylic acids is 1. The number of furan rings is 1. The molecule has 1 aliphatic heterocycles. The Bertz CT molecular complexity index is 735. The highest BCUT2D eigenvalue weighted by molar-refractivity contribution is 5.95. The zero-order valence-corrected chi connectivity index (χ0v) is 13.2. The summed E-state index contributed by atoms with van der Waals surface area (Å²) in [4.78, 5) is 14.6. The second-order valence-electron chi connectivity index (χ2n) is 6.21. The van der Waals surface area contributed by atoms with Gasteiger partial charge in [-0.3, -0.25) is 9.48 Å².